The SMILES string of the molecule is Cc1c(-c2ccccc2)cnn1CCCN. The van der Waals surface area contributed by atoms with Gasteiger partial charge in [0.25, 0.3) is 0 Å². The highest BCUT2D eigenvalue weighted by Gasteiger charge is 2.07. The van der Waals surface area contributed by atoms with Gasteiger partial charge in [-0.1, -0.05) is 30.3 Å². The van der Waals surface area contributed by atoms with Crippen LogP contribution < -0.4 is 5.73 Å². The van der Waals surface area contributed by atoms with E-state index in [4.69, 9.17) is 5.73 Å². The molecule has 3 nitrogen and oxygen atoms in total. The molecule has 84 valence electrons. The normalized spacial score (nSPS) is 10.6. The molecule has 0 unspecified atom stereocenters. The van der Waals surface area contributed by atoms with Crippen molar-refractivity contribution in [1.82, 2.24) is 9.78 Å². The van der Waals surface area contributed by atoms with Gasteiger partial charge in [-0.2, -0.15) is 5.10 Å². The van der Waals surface area contributed by atoms with E-state index in [1.54, 1.807) is 0 Å². The van der Waals surface area contributed by atoms with Gasteiger partial charge in [0.2, 0.25) is 0 Å². The van der Waals surface area contributed by atoms with Gasteiger partial charge in [-0.05, 0) is 25.5 Å². The number of benzene rings is 1. The Morgan fingerprint density at radius 3 is 2.69 bits per heavy atom. The highest BCUT2D eigenvalue weighted by molar-refractivity contribution is 5.64. The Labute approximate surface area is 95.9 Å². The summed E-state index contributed by atoms with van der Waals surface area (Å²) in [6.45, 7) is 3.71. The van der Waals surface area contributed by atoms with Gasteiger partial charge >= 0.3 is 0 Å². The average molecular weight is 215 g/mol. The molecule has 0 atom stereocenters. The molecule has 16 heavy (non-hydrogen) atoms. The zero-order valence-corrected chi connectivity index (χ0v) is 9.56. The molecule has 0 fully saturated rings. The minimum absolute atomic E-state index is 0.708. The number of nitrogens with two attached hydrogens (primary N) is 1. The zero-order valence-electron chi connectivity index (χ0n) is 9.56. The minimum atomic E-state index is 0.708. The second-order valence-corrected chi connectivity index (χ2v) is 3.88. The monoisotopic (exact) mass is 215 g/mol. The lowest BCUT2D eigenvalue weighted by Gasteiger charge is -2.04. The van der Waals surface area contributed by atoms with Gasteiger partial charge in [0, 0.05) is 17.8 Å². The molecule has 0 spiro atoms. The molecule has 0 saturated heterocycles. The van der Waals surface area contributed by atoms with E-state index in [1.165, 1.54) is 16.8 Å². The molecule has 1 heterocycles. The Kier molecular flexibility index (Phi) is 3.37. The maximum atomic E-state index is 5.50. The molecule has 0 amide bonds. The summed E-state index contributed by atoms with van der Waals surface area (Å²) in [7, 11) is 0. The van der Waals surface area contributed by atoms with Crippen molar-refractivity contribution in [2.24, 2.45) is 5.73 Å². The maximum absolute atomic E-state index is 5.50. The molecule has 2 rings (SSSR count). The summed E-state index contributed by atoms with van der Waals surface area (Å²) >= 11 is 0. The Hall–Kier alpha value is -1.61. The van der Waals surface area contributed by atoms with Gasteiger partial charge in [0.05, 0.1) is 6.20 Å². The lowest BCUT2D eigenvalue weighted by Crippen LogP contribution is -2.08. The Morgan fingerprint density at radius 1 is 1.25 bits per heavy atom. The Bertz CT molecular complexity index is 445. The molecule has 1 aromatic carbocycles. The largest absolute Gasteiger partial charge is 0.330 e. The Morgan fingerprint density at radius 2 is 2.00 bits per heavy atom. The molecule has 0 aliphatic heterocycles. The van der Waals surface area contributed by atoms with E-state index < -0.39 is 0 Å². The third-order valence-corrected chi connectivity index (χ3v) is 2.76. The standard InChI is InChI=1S/C13H17N3/c1-11-13(12-6-3-2-4-7-12)10-15-16(11)9-5-8-14/h2-4,6-7,10H,5,8-9,14H2,1H3. The summed E-state index contributed by atoms with van der Waals surface area (Å²) in [5.41, 5.74) is 9.14. The first-order chi connectivity index (χ1) is 7.83. The van der Waals surface area contributed by atoms with Gasteiger partial charge in [-0.15, -0.1) is 0 Å². The van der Waals surface area contributed by atoms with Crippen molar-refractivity contribution < 1.29 is 0 Å². The molecule has 1 aromatic heterocycles. The number of hydrogen-bond acceptors (Lipinski definition) is 2. The first-order valence-electron chi connectivity index (χ1n) is 5.61. The van der Waals surface area contributed by atoms with Crippen LogP contribution in [0.2, 0.25) is 0 Å². The second-order valence-electron chi connectivity index (χ2n) is 3.88. The number of aromatic nitrogens is 2. The number of nitrogens with zero attached hydrogens (tertiary/aromatic N) is 2. The predicted molar refractivity (Wildman–Crippen MR) is 66.1 cm³/mol. The van der Waals surface area contributed by atoms with Crippen LogP contribution in [0.5, 0.6) is 0 Å². The van der Waals surface area contributed by atoms with Gasteiger partial charge in [-0.3, -0.25) is 4.68 Å². The highest BCUT2D eigenvalue weighted by atomic mass is 15.3. The lowest BCUT2D eigenvalue weighted by molar-refractivity contribution is 0.571. The summed E-state index contributed by atoms with van der Waals surface area (Å²) in [4.78, 5) is 0. The van der Waals surface area contributed by atoms with E-state index in [2.05, 4.69) is 24.2 Å². The molecular weight excluding hydrogens is 198 g/mol. The van der Waals surface area contributed by atoms with Crippen LogP contribution in [0, 0.1) is 6.92 Å². The third kappa shape index (κ3) is 2.14. The molecule has 0 saturated carbocycles. The quantitative estimate of drug-likeness (QED) is 0.849. The van der Waals surface area contributed by atoms with Crippen LogP contribution in [0.25, 0.3) is 11.1 Å². The smallest absolute Gasteiger partial charge is 0.0571 e. The predicted octanol–water partition coefficient (Wildman–Crippen LogP) is 2.21. The fourth-order valence-corrected chi connectivity index (χ4v) is 1.81. The fraction of sp³-hybridized carbons (Fsp3) is 0.308. The van der Waals surface area contributed by atoms with Gasteiger partial charge in [0.15, 0.2) is 0 Å². The van der Waals surface area contributed by atoms with Gasteiger partial charge in [-0.25, -0.2) is 0 Å². The van der Waals surface area contributed by atoms with Crippen molar-refractivity contribution in [1.29, 1.82) is 0 Å². The van der Waals surface area contributed by atoms with Crippen molar-refractivity contribution in [2.75, 3.05) is 6.54 Å². The first kappa shape index (κ1) is 10.9. The van der Waals surface area contributed by atoms with Gasteiger partial charge < -0.3 is 5.73 Å². The average Bonchev–Trinajstić information content (AvgIpc) is 2.69. The van der Waals surface area contributed by atoms with Gasteiger partial charge in [0.1, 0.15) is 0 Å². The fourth-order valence-electron chi connectivity index (χ4n) is 1.81. The summed E-state index contributed by atoms with van der Waals surface area (Å²) in [6, 6.07) is 10.3. The summed E-state index contributed by atoms with van der Waals surface area (Å²) in [5, 5.41) is 4.39. The van der Waals surface area contributed by atoms with Crippen molar-refractivity contribution in [3.63, 3.8) is 0 Å². The van der Waals surface area contributed by atoms with Crippen LogP contribution in [0.15, 0.2) is 36.5 Å². The van der Waals surface area contributed by atoms with E-state index in [0.29, 0.717) is 6.54 Å². The van der Waals surface area contributed by atoms with E-state index in [1.807, 2.05) is 29.1 Å². The van der Waals surface area contributed by atoms with Crippen LogP contribution in [0.1, 0.15) is 12.1 Å². The second kappa shape index (κ2) is 4.94. The summed E-state index contributed by atoms with van der Waals surface area (Å²) < 4.78 is 2.02. The zero-order chi connectivity index (χ0) is 11.4. The minimum Gasteiger partial charge on any atom is -0.330 e. The molecule has 2 aromatic rings. The highest BCUT2D eigenvalue weighted by Crippen LogP contribution is 2.22. The molecule has 0 bridgehead atoms. The summed E-state index contributed by atoms with van der Waals surface area (Å²) in [5.74, 6) is 0. The Balaban J connectivity index is 2.27. The van der Waals surface area contributed by atoms with E-state index in [-0.39, 0.29) is 0 Å². The van der Waals surface area contributed by atoms with E-state index in [0.717, 1.165) is 13.0 Å². The molecule has 3 heteroatoms. The molecule has 0 radical (unpaired) electrons. The maximum Gasteiger partial charge on any atom is 0.0571 e. The molecule has 0 aliphatic carbocycles. The number of aryl methyl sites for hydroxylation is 1. The van der Waals surface area contributed by atoms with Crippen LogP contribution in [-0.4, -0.2) is 16.3 Å². The molecular formula is C13H17N3. The lowest BCUT2D eigenvalue weighted by atomic mass is 10.1. The first-order valence-corrected chi connectivity index (χ1v) is 5.61. The molecule has 2 N–H and O–H groups in total. The van der Waals surface area contributed by atoms with Crippen LogP contribution in [0.4, 0.5) is 0 Å². The van der Waals surface area contributed by atoms with Crippen LogP contribution in [0.3, 0.4) is 0 Å². The number of hydrogen-bond donors (Lipinski definition) is 1. The van der Waals surface area contributed by atoms with Crippen molar-refractivity contribution in [2.45, 2.75) is 19.9 Å². The molecule has 0 aliphatic rings. The third-order valence-electron chi connectivity index (χ3n) is 2.76. The van der Waals surface area contributed by atoms with Crippen LogP contribution in [-0.2, 0) is 6.54 Å². The van der Waals surface area contributed by atoms with Crippen molar-refractivity contribution >= 4 is 0 Å². The van der Waals surface area contributed by atoms with Crippen LogP contribution >= 0.6 is 0 Å². The van der Waals surface area contributed by atoms with E-state index in [9.17, 15) is 0 Å². The summed E-state index contributed by atoms with van der Waals surface area (Å²) in [6.07, 6.45) is 2.90. The topological polar surface area (TPSA) is 43.8 Å². The van der Waals surface area contributed by atoms with E-state index >= 15 is 0 Å². The number of rotatable bonds is 4. The van der Waals surface area contributed by atoms with Crippen molar-refractivity contribution in [3.05, 3.63) is 42.2 Å². The van der Waals surface area contributed by atoms with Crippen molar-refractivity contribution in [3.8, 4) is 11.1 Å².